The molecule has 0 aromatic carbocycles. The van der Waals surface area contributed by atoms with E-state index in [-0.39, 0.29) is 12.2 Å². The lowest BCUT2D eigenvalue weighted by atomic mass is 10.3. The first-order valence-electron chi connectivity index (χ1n) is 5.64. The molecule has 0 aliphatic carbocycles. The summed E-state index contributed by atoms with van der Waals surface area (Å²) in [5.41, 5.74) is -0.874. The van der Waals surface area contributed by atoms with Gasteiger partial charge in [0, 0.05) is 5.69 Å². The average Bonchev–Trinajstić information content (AvgIpc) is 2.76. The summed E-state index contributed by atoms with van der Waals surface area (Å²) in [6.07, 6.45) is -4.57. The number of hydrogen-bond donors (Lipinski definition) is 1. The smallest absolute Gasteiger partial charge is 0.435 e. The second-order valence-corrected chi connectivity index (χ2v) is 4.08. The Kier molecular flexibility index (Phi) is 4.74. The van der Waals surface area contributed by atoms with Crippen LogP contribution in [0.1, 0.15) is 24.4 Å². The van der Waals surface area contributed by atoms with Crippen LogP contribution in [0, 0.1) is 6.92 Å². The Morgan fingerprint density at radius 2 is 2.10 bits per heavy atom. The van der Waals surface area contributed by atoms with Crippen molar-refractivity contribution in [2.24, 2.45) is 0 Å². The number of hydrogen-bond acceptors (Lipinski definition) is 4. The van der Waals surface area contributed by atoms with Gasteiger partial charge in [0.1, 0.15) is 12.6 Å². The highest BCUT2D eigenvalue weighted by molar-refractivity contribution is 5.84. The number of amides is 1. The van der Waals surface area contributed by atoms with Crippen LogP contribution in [0.15, 0.2) is 6.07 Å². The van der Waals surface area contributed by atoms with Crippen molar-refractivity contribution in [2.45, 2.75) is 26.1 Å². The second-order valence-electron chi connectivity index (χ2n) is 4.08. The summed E-state index contributed by atoms with van der Waals surface area (Å²) in [6, 6.07) is -0.125. The van der Waals surface area contributed by atoms with Crippen LogP contribution in [0.25, 0.3) is 0 Å². The van der Waals surface area contributed by atoms with Crippen LogP contribution in [0.3, 0.4) is 0 Å². The highest BCUT2D eigenvalue weighted by atomic mass is 19.4. The van der Waals surface area contributed by atoms with Crippen molar-refractivity contribution in [3.63, 3.8) is 0 Å². The van der Waals surface area contributed by atoms with Crippen LogP contribution >= 0.6 is 0 Å². The number of carbonyl (C=O) groups excluding carboxylic acids is 2. The number of alkyl halides is 3. The number of aromatic nitrogens is 2. The van der Waals surface area contributed by atoms with Gasteiger partial charge in [-0.2, -0.15) is 18.3 Å². The lowest BCUT2D eigenvalue weighted by Gasteiger charge is -2.14. The average molecular weight is 293 g/mol. The maximum Gasteiger partial charge on any atom is 0.435 e. The molecule has 6 nitrogen and oxygen atoms in total. The summed E-state index contributed by atoms with van der Waals surface area (Å²) in [5.74, 6) is -1.28. The number of rotatable bonds is 4. The van der Waals surface area contributed by atoms with Crippen LogP contribution in [-0.2, 0) is 20.5 Å². The van der Waals surface area contributed by atoms with E-state index in [0.717, 1.165) is 17.9 Å². The van der Waals surface area contributed by atoms with E-state index in [2.05, 4.69) is 15.2 Å². The molecule has 0 spiro atoms. The van der Waals surface area contributed by atoms with Gasteiger partial charge in [-0.25, -0.2) is 0 Å². The van der Waals surface area contributed by atoms with Crippen molar-refractivity contribution in [1.29, 1.82) is 0 Å². The van der Waals surface area contributed by atoms with Gasteiger partial charge in [-0.15, -0.1) is 0 Å². The molecule has 0 aliphatic rings. The van der Waals surface area contributed by atoms with Crippen LogP contribution in [0.2, 0.25) is 0 Å². The normalized spacial score (nSPS) is 12.9. The van der Waals surface area contributed by atoms with Crippen molar-refractivity contribution in [3.05, 3.63) is 17.5 Å². The number of ether oxygens (including phenoxy) is 1. The minimum atomic E-state index is -4.57. The highest BCUT2D eigenvalue weighted by Gasteiger charge is 2.35. The molecule has 1 atom stereocenters. The molecule has 1 aromatic rings. The Balaban J connectivity index is 2.82. The molecule has 0 bridgehead atoms. The van der Waals surface area contributed by atoms with Crippen molar-refractivity contribution in [3.8, 4) is 0 Å². The van der Waals surface area contributed by atoms with Crippen LogP contribution in [-0.4, -0.2) is 35.3 Å². The third kappa shape index (κ3) is 3.72. The molecule has 1 unspecified atom stereocenters. The Bertz CT molecular complexity index is 511. The lowest BCUT2D eigenvalue weighted by molar-refractivity contribution is -0.142. The number of esters is 1. The third-order valence-corrected chi connectivity index (χ3v) is 2.59. The van der Waals surface area contributed by atoms with E-state index in [0.29, 0.717) is 0 Å². The molecule has 112 valence electrons. The van der Waals surface area contributed by atoms with E-state index in [1.807, 2.05) is 0 Å². The molecule has 1 heterocycles. The summed E-state index contributed by atoms with van der Waals surface area (Å²) in [4.78, 5) is 22.6. The van der Waals surface area contributed by atoms with Crippen molar-refractivity contribution < 1.29 is 27.5 Å². The van der Waals surface area contributed by atoms with E-state index >= 15 is 0 Å². The lowest BCUT2D eigenvalue weighted by Crippen LogP contribution is -2.35. The standard InChI is InChI=1S/C11H14F3N3O3/c1-6-4-8(11(12,13)14)16-17(6)7(2)10(19)15-5-9(18)20-3/h4,7H,5H2,1-3H3,(H,15,19). The first-order chi connectivity index (χ1) is 9.16. The van der Waals surface area contributed by atoms with Gasteiger partial charge < -0.3 is 10.1 Å². The van der Waals surface area contributed by atoms with Gasteiger partial charge in [0.2, 0.25) is 5.91 Å². The predicted octanol–water partition coefficient (Wildman–Crippen LogP) is 1.06. The molecular formula is C11H14F3N3O3. The molecule has 1 aromatic heterocycles. The van der Waals surface area contributed by atoms with Crippen LogP contribution < -0.4 is 5.32 Å². The summed E-state index contributed by atoms with van der Waals surface area (Å²) in [5, 5.41) is 5.62. The molecular weight excluding hydrogens is 279 g/mol. The van der Waals surface area contributed by atoms with Crippen molar-refractivity contribution >= 4 is 11.9 Å². The van der Waals surface area contributed by atoms with Gasteiger partial charge in [0.15, 0.2) is 5.69 Å². The first-order valence-corrected chi connectivity index (χ1v) is 5.64. The first kappa shape index (κ1) is 16.0. The number of nitrogens with one attached hydrogen (secondary N) is 1. The largest absolute Gasteiger partial charge is 0.468 e. The van der Waals surface area contributed by atoms with E-state index in [4.69, 9.17) is 0 Å². The molecule has 20 heavy (non-hydrogen) atoms. The van der Waals surface area contributed by atoms with Crippen molar-refractivity contribution in [1.82, 2.24) is 15.1 Å². The fourth-order valence-electron chi connectivity index (χ4n) is 1.51. The van der Waals surface area contributed by atoms with E-state index in [1.165, 1.54) is 13.8 Å². The molecule has 0 aliphatic heterocycles. The minimum absolute atomic E-state index is 0.193. The summed E-state index contributed by atoms with van der Waals surface area (Å²) < 4.78 is 42.8. The summed E-state index contributed by atoms with van der Waals surface area (Å²) in [7, 11) is 1.16. The Morgan fingerprint density at radius 1 is 1.50 bits per heavy atom. The predicted molar refractivity (Wildman–Crippen MR) is 61.7 cm³/mol. The molecule has 1 amide bonds. The zero-order chi connectivity index (χ0) is 15.5. The number of carbonyl (C=O) groups is 2. The number of halogens is 3. The molecule has 0 saturated heterocycles. The molecule has 0 radical (unpaired) electrons. The van der Waals surface area contributed by atoms with Gasteiger partial charge in [0.25, 0.3) is 0 Å². The van der Waals surface area contributed by atoms with Gasteiger partial charge in [-0.05, 0) is 19.9 Å². The van der Waals surface area contributed by atoms with E-state index in [1.54, 1.807) is 0 Å². The van der Waals surface area contributed by atoms with Gasteiger partial charge in [-0.1, -0.05) is 0 Å². The maximum absolute atomic E-state index is 12.5. The van der Waals surface area contributed by atoms with Crippen LogP contribution in [0.4, 0.5) is 13.2 Å². The fourth-order valence-corrected chi connectivity index (χ4v) is 1.51. The van der Waals surface area contributed by atoms with Crippen LogP contribution in [0.5, 0.6) is 0 Å². The Hall–Kier alpha value is -2.06. The molecule has 0 saturated carbocycles. The summed E-state index contributed by atoms with van der Waals surface area (Å²) in [6.45, 7) is 2.44. The van der Waals surface area contributed by atoms with Crippen molar-refractivity contribution in [2.75, 3.05) is 13.7 Å². The number of methoxy groups -OCH3 is 1. The fraction of sp³-hybridized carbons (Fsp3) is 0.545. The zero-order valence-corrected chi connectivity index (χ0v) is 11.1. The topological polar surface area (TPSA) is 73.2 Å². The second kappa shape index (κ2) is 5.93. The van der Waals surface area contributed by atoms with E-state index < -0.39 is 29.8 Å². The minimum Gasteiger partial charge on any atom is -0.468 e. The van der Waals surface area contributed by atoms with Gasteiger partial charge in [0.05, 0.1) is 7.11 Å². The SMILES string of the molecule is COC(=O)CNC(=O)C(C)n1nc(C(F)(F)F)cc1C. The molecule has 0 fully saturated rings. The monoisotopic (exact) mass is 293 g/mol. The van der Waals surface area contributed by atoms with E-state index in [9.17, 15) is 22.8 Å². The third-order valence-electron chi connectivity index (χ3n) is 2.59. The maximum atomic E-state index is 12.5. The Morgan fingerprint density at radius 3 is 2.55 bits per heavy atom. The van der Waals surface area contributed by atoms with Gasteiger partial charge in [-0.3, -0.25) is 14.3 Å². The highest BCUT2D eigenvalue weighted by Crippen LogP contribution is 2.29. The molecule has 9 heteroatoms. The Labute approximate surface area is 112 Å². The zero-order valence-electron chi connectivity index (χ0n) is 11.1. The van der Waals surface area contributed by atoms with Gasteiger partial charge >= 0.3 is 12.1 Å². The quantitative estimate of drug-likeness (QED) is 0.842. The number of nitrogens with zero attached hydrogens (tertiary/aromatic N) is 2. The molecule has 1 rings (SSSR count). The molecule has 1 N–H and O–H groups in total. The summed E-state index contributed by atoms with van der Waals surface area (Å²) >= 11 is 0. The number of aryl methyl sites for hydroxylation is 1.